The molecule has 0 aromatic heterocycles. The highest BCUT2D eigenvalue weighted by Gasteiger charge is 2.06. The lowest BCUT2D eigenvalue weighted by Gasteiger charge is -2.09. The molecule has 6 nitrogen and oxygen atoms in total. The molecular weight excluding hydrogens is 322 g/mol. The molecule has 0 fully saturated rings. The van der Waals surface area contributed by atoms with Crippen LogP contribution < -0.4 is 14.8 Å². The van der Waals surface area contributed by atoms with Crippen LogP contribution in [-0.2, 0) is 4.79 Å². The van der Waals surface area contributed by atoms with Gasteiger partial charge in [-0.2, -0.15) is 0 Å². The Morgan fingerprint density at radius 2 is 1.96 bits per heavy atom. The highest BCUT2D eigenvalue weighted by Crippen LogP contribution is 2.28. The van der Waals surface area contributed by atoms with E-state index in [1.807, 2.05) is 6.92 Å². The molecule has 0 heterocycles. The largest absolute Gasteiger partial charge is 0.493 e. The van der Waals surface area contributed by atoms with Crippen molar-refractivity contribution >= 4 is 23.6 Å². The predicted octanol–water partition coefficient (Wildman–Crippen LogP) is 3.44. The highest BCUT2D eigenvalue weighted by molar-refractivity contribution is 6.02. The molecule has 0 aliphatic heterocycles. The van der Waals surface area contributed by atoms with Gasteiger partial charge >= 0.3 is 5.97 Å². The number of carbonyl (C=O) groups is 2. The summed E-state index contributed by atoms with van der Waals surface area (Å²) >= 11 is 0. The first-order valence-electron chi connectivity index (χ1n) is 7.66. The average molecular weight is 341 g/mol. The van der Waals surface area contributed by atoms with E-state index in [-0.39, 0.29) is 11.5 Å². The van der Waals surface area contributed by atoms with Gasteiger partial charge in [0, 0.05) is 11.8 Å². The van der Waals surface area contributed by atoms with Crippen LogP contribution in [0.15, 0.2) is 48.5 Å². The molecule has 130 valence electrons. The Kier molecular flexibility index (Phi) is 6.17. The van der Waals surface area contributed by atoms with Gasteiger partial charge in [0.25, 0.3) is 0 Å². The monoisotopic (exact) mass is 341 g/mol. The summed E-state index contributed by atoms with van der Waals surface area (Å²) < 4.78 is 10.7. The molecule has 25 heavy (non-hydrogen) atoms. The molecule has 2 rings (SSSR count). The lowest BCUT2D eigenvalue weighted by atomic mass is 10.2. The van der Waals surface area contributed by atoms with Gasteiger partial charge in [-0.3, -0.25) is 4.79 Å². The smallest absolute Gasteiger partial charge is 0.335 e. The standard InChI is InChI=1S/C19H19NO5/c1-3-25-17-11-13(7-9-16(17)24-2)8-10-18(21)20-15-6-4-5-14(12-15)19(22)23/h4-12H,3H2,1-2H3,(H,20,21)(H,22,23)/b10-8+. The second-order valence-electron chi connectivity index (χ2n) is 5.05. The van der Waals surface area contributed by atoms with Gasteiger partial charge in [-0.25, -0.2) is 4.79 Å². The fraction of sp³-hybridized carbons (Fsp3) is 0.158. The molecule has 0 radical (unpaired) electrons. The molecule has 0 aliphatic carbocycles. The molecule has 2 aromatic rings. The Hall–Kier alpha value is -3.28. The topological polar surface area (TPSA) is 84.9 Å². The van der Waals surface area contributed by atoms with Crippen molar-refractivity contribution < 1.29 is 24.2 Å². The number of carboxylic acids is 1. The van der Waals surface area contributed by atoms with E-state index in [1.54, 1.807) is 43.5 Å². The van der Waals surface area contributed by atoms with Gasteiger partial charge in [0.2, 0.25) is 5.91 Å². The number of hydrogen-bond acceptors (Lipinski definition) is 4. The number of ether oxygens (including phenoxy) is 2. The van der Waals surface area contributed by atoms with Crippen LogP contribution in [0.2, 0.25) is 0 Å². The van der Waals surface area contributed by atoms with Gasteiger partial charge in [0.05, 0.1) is 19.3 Å². The number of carboxylic acid groups (broad SMARTS) is 1. The van der Waals surface area contributed by atoms with Crippen LogP contribution in [0.3, 0.4) is 0 Å². The van der Waals surface area contributed by atoms with E-state index < -0.39 is 5.97 Å². The van der Waals surface area contributed by atoms with Crippen molar-refractivity contribution in [2.24, 2.45) is 0 Å². The molecule has 0 spiro atoms. The van der Waals surface area contributed by atoms with Crippen molar-refractivity contribution in [3.63, 3.8) is 0 Å². The second kappa shape index (κ2) is 8.54. The van der Waals surface area contributed by atoms with Gasteiger partial charge in [-0.1, -0.05) is 12.1 Å². The van der Waals surface area contributed by atoms with Crippen LogP contribution in [0.4, 0.5) is 5.69 Å². The van der Waals surface area contributed by atoms with Crippen molar-refractivity contribution in [1.82, 2.24) is 0 Å². The predicted molar refractivity (Wildman–Crippen MR) is 95.2 cm³/mol. The summed E-state index contributed by atoms with van der Waals surface area (Å²) in [5.74, 6) is -0.194. The van der Waals surface area contributed by atoms with Crippen molar-refractivity contribution in [2.75, 3.05) is 19.0 Å². The van der Waals surface area contributed by atoms with E-state index in [2.05, 4.69) is 5.32 Å². The summed E-state index contributed by atoms with van der Waals surface area (Å²) in [6, 6.07) is 11.4. The molecule has 1 amide bonds. The van der Waals surface area contributed by atoms with E-state index in [0.29, 0.717) is 23.8 Å². The number of rotatable bonds is 7. The first-order chi connectivity index (χ1) is 12.0. The highest BCUT2D eigenvalue weighted by atomic mass is 16.5. The number of hydrogen-bond donors (Lipinski definition) is 2. The normalized spacial score (nSPS) is 10.5. The molecule has 0 unspecified atom stereocenters. The summed E-state index contributed by atoms with van der Waals surface area (Å²) in [7, 11) is 1.56. The number of carbonyl (C=O) groups excluding carboxylic acids is 1. The third kappa shape index (κ3) is 5.10. The average Bonchev–Trinajstić information content (AvgIpc) is 2.60. The van der Waals surface area contributed by atoms with E-state index >= 15 is 0 Å². The lowest BCUT2D eigenvalue weighted by Crippen LogP contribution is -2.08. The third-order valence-electron chi connectivity index (χ3n) is 3.29. The van der Waals surface area contributed by atoms with Gasteiger partial charge in [-0.05, 0) is 48.9 Å². The number of nitrogens with one attached hydrogen (secondary N) is 1. The fourth-order valence-corrected chi connectivity index (χ4v) is 2.15. The second-order valence-corrected chi connectivity index (χ2v) is 5.05. The molecule has 0 saturated carbocycles. The minimum atomic E-state index is -1.05. The van der Waals surface area contributed by atoms with Gasteiger partial charge in [-0.15, -0.1) is 0 Å². The zero-order chi connectivity index (χ0) is 18.2. The van der Waals surface area contributed by atoms with Crippen molar-refractivity contribution in [2.45, 2.75) is 6.92 Å². The van der Waals surface area contributed by atoms with E-state index in [9.17, 15) is 9.59 Å². The summed E-state index contributed by atoms with van der Waals surface area (Å²) in [6.45, 7) is 2.38. The van der Waals surface area contributed by atoms with Crippen LogP contribution >= 0.6 is 0 Å². The third-order valence-corrected chi connectivity index (χ3v) is 3.29. The van der Waals surface area contributed by atoms with Crippen molar-refractivity contribution in [3.8, 4) is 11.5 Å². The summed E-state index contributed by atoms with van der Waals surface area (Å²) in [4.78, 5) is 22.9. The molecule has 0 saturated heterocycles. The number of benzene rings is 2. The van der Waals surface area contributed by atoms with Crippen molar-refractivity contribution in [3.05, 3.63) is 59.7 Å². The van der Waals surface area contributed by atoms with Crippen LogP contribution in [-0.4, -0.2) is 30.7 Å². The SMILES string of the molecule is CCOc1cc(/C=C/C(=O)Nc2cccc(C(=O)O)c2)ccc1OC. The van der Waals surface area contributed by atoms with Gasteiger partial charge < -0.3 is 19.9 Å². The van der Waals surface area contributed by atoms with Crippen LogP contribution in [0.1, 0.15) is 22.8 Å². The first kappa shape index (κ1) is 18.1. The Morgan fingerprint density at radius 1 is 1.16 bits per heavy atom. The number of methoxy groups -OCH3 is 1. The lowest BCUT2D eigenvalue weighted by molar-refractivity contribution is -0.111. The number of anilines is 1. The van der Waals surface area contributed by atoms with Crippen molar-refractivity contribution in [1.29, 1.82) is 0 Å². The molecule has 0 aliphatic rings. The Labute approximate surface area is 145 Å². The van der Waals surface area contributed by atoms with Crippen LogP contribution in [0.5, 0.6) is 11.5 Å². The minimum Gasteiger partial charge on any atom is -0.493 e. The minimum absolute atomic E-state index is 0.110. The molecule has 2 N–H and O–H groups in total. The Bertz CT molecular complexity index is 798. The van der Waals surface area contributed by atoms with E-state index in [4.69, 9.17) is 14.6 Å². The zero-order valence-corrected chi connectivity index (χ0v) is 14.0. The Balaban J connectivity index is 2.08. The maximum atomic E-state index is 12.0. The zero-order valence-electron chi connectivity index (χ0n) is 14.0. The van der Waals surface area contributed by atoms with Gasteiger partial charge in [0.15, 0.2) is 11.5 Å². The summed E-state index contributed by atoms with van der Waals surface area (Å²) in [5.41, 5.74) is 1.30. The molecule has 0 bridgehead atoms. The summed E-state index contributed by atoms with van der Waals surface area (Å²) in [6.07, 6.45) is 3.00. The quantitative estimate of drug-likeness (QED) is 0.754. The van der Waals surface area contributed by atoms with Gasteiger partial charge in [0.1, 0.15) is 0 Å². The summed E-state index contributed by atoms with van der Waals surface area (Å²) in [5, 5.41) is 11.6. The maximum Gasteiger partial charge on any atom is 0.335 e. The maximum absolute atomic E-state index is 12.0. The van der Waals surface area contributed by atoms with E-state index in [0.717, 1.165) is 5.56 Å². The van der Waals surface area contributed by atoms with Crippen LogP contribution in [0, 0.1) is 0 Å². The first-order valence-corrected chi connectivity index (χ1v) is 7.66. The van der Waals surface area contributed by atoms with Crippen LogP contribution in [0.25, 0.3) is 6.08 Å². The van der Waals surface area contributed by atoms with E-state index in [1.165, 1.54) is 18.2 Å². The molecule has 6 heteroatoms. The number of aromatic carboxylic acids is 1. The fourth-order valence-electron chi connectivity index (χ4n) is 2.15. The Morgan fingerprint density at radius 3 is 2.64 bits per heavy atom. The number of amides is 1. The molecular formula is C19H19NO5. The molecule has 0 atom stereocenters. The molecule has 2 aromatic carbocycles.